The Morgan fingerprint density at radius 3 is 2.04 bits per heavy atom. The van der Waals surface area contributed by atoms with Crippen molar-refractivity contribution in [2.45, 2.75) is 31.2 Å². The number of nitrogens with one attached hydrogen (secondary N) is 1. The van der Waals surface area contributed by atoms with Gasteiger partial charge in [0.25, 0.3) is 5.24 Å². The van der Waals surface area contributed by atoms with Crippen LogP contribution in [-0.4, -0.2) is 19.2 Å². The highest BCUT2D eigenvalue weighted by atomic mass is 35.5. The predicted octanol–water partition coefficient (Wildman–Crippen LogP) is 3.81. The number of halogens is 1. The molecule has 2 aromatic rings. The van der Waals surface area contributed by atoms with Crippen LogP contribution in [0.15, 0.2) is 53.4 Å². The number of carbonyl (C=O) groups is 1. The van der Waals surface area contributed by atoms with E-state index in [0.717, 1.165) is 0 Å². The number of hydrogen-bond donors (Lipinski definition) is 1. The van der Waals surface area contributed by atoms with Crippen molar-refractivity contribution >= 4 is 26.9 Å². The van der Waals surface area contributed by atoms with Gasteiger partial charge in [0.2, 0.25) is 10.0 Å². The van der Waals surface area contributed by atoms with Crippen molar-refractivity contribution in [3.63, 3.8) is 0 Å². The summed E-state index contributed by atoms with van der Waals surface area (Å²) in [5, 5.41) is -0.628. The number of rotatable bonds is 4. The van der Waals surface area contributed by atoms with E-state index < -0.39 is 20.8 Å². The summed E-state index contributed by atoms with van der Waals surface area (Å²) in [6.45, 7) is 5.30. The highest BCUT2D eigenvalue weighted by molar-refractivity contribution is 7.89. The molecule has 0 saturated heterocycles. The van der Waals surface area contributed by atoms with Gasteiger partial charge in [-0.15, -0.1) is 0 Å². The van der Waals surface area contributed by atoms with Crippen LogP contribution in [0.3, 0.4) is 0 Å². The van der Waals surface area contributed by atoms with Gasteiger partial charge in [0, 0.05) is 16.7 Å². The Kier molecular flexibility index (Phi) is 4.94. The minimum Gasteiger partial charge on any atom is -0.276 e. The van der Waals surface area contributed by atoms with Crippen molar-refractivity contribution in [3.05, 3.63) is 54.1 Å². The fraction of sp³-hybridized carbons (Fsp3) is 0.235. The number of benzene rings is 2. The highest BCUT2D eigenvalue weighted by Gasteiger charge is 2.25. The molecule has 6 heteroatoms. The second-order valence-electron chi connectivity index (χ2n) is 6.17. The van der Waals surface area contributed by atoms with Gasteiger partial charge in [0.1, 0.15) is 0 Å². The summed E-state index contributed by atoms with van der Waals surface area (Å²) in [5.41, 5.74) is 0.581. The van der Waals surface area contributed by atoms with E-state index in [2.05, 4.69) is 4.72 Å². The average molecular weight is 352 g/mol. The molecular formula is C17H18ClNO3S. The van der Waals surface area contributed by atoms with Crippen LogP contribution >= 0.6 is 11.6 Å². The summed E-state index contributed by atoms with van der Waals surface area (Å²) >= 11 is 5.63. The van der Waals surface area contributed by atoms with Crippen LogP contribution in [0.5, 0.6) is 0 Å². The van der Waals surface area contributed by atoms with Crippen LogP contribution in [0.4, 0.5) is 0 Å². The molecule has 23 heavy (non-hydrogen) atoms. The van der Waals surface area contributed by atoms with E-state index in [-0.39, 0.29) is 10.5 Å². The summed E-state index contributed by atoms with van der Waals surface area (Å²) in [6, 6.07) is 13.2. The maximum Gasteiger partial charge on any atom is 0.253 e. The van der Waals surface area contributed by atoms with Crippen molar-refractivity contribution < 1.29 is 13.2 Å². The second-order valence-corrected chi connectivity index (χ2v) is 8.17. The van der Waals surface area contributed by atoms with Crippen LogP contribution in [0.1, 0.15) is 31.1 Å². The minimum atomic E-state index is -3.74. The van der Waals surface area contributed by atoms with E-state index in [4.69, 9.17) is 11.6 Å². The summed E-state index contributed by atoms with van der Waals surface area (Å²) in [4.78, 5) is 11.7. The predicted molar refractivity (Wildman–Crippen MR) is 92.1 cm³/mol. The molecule has 0 amide bonds. The third kappa shape index (κ3) is 4.19. The molecule has 122 valence electrons. The van der Waals surface area contributed by atoms with E-state index in [9.17, 15) is 13.2 Å². The lowest BCUT2D eigenvalue weighted by atomic mass is 10.0. The first-order chi connectivity index (χ1) is 10.6. The summed E-state index contributed by atoms with van der Waals surface area (Å²) in [6.07, 6.45) is 0. The number of carbonyl (C=O) groups excluding carboxylic acids is 1. The number of hydrogen-bond acceptors (Lipinski definition) is 3. The molecular weight excluding hydrogens is 334 g/mol. The molecule has 0 saturated carbocycles. The molecule has 0 aliphatic carbocycles. The molecule has 1 N–H and O–H groups in total. The van der Waals surface area contributed by atoms with Crippen LogP contribution < -0.4 is 4.72 Å². The van der Waals surface area contributed by atoms with Gasteiger partial charge in [-0.05, 0) is 50.1 Å². The van der Waals surface area contributed by atoms with Crippen molar-refractivity contribution in [1.82, 2.24) is 4.72 Å². The standard InChI is InChI=1S/C17H18ClNO3S/c1-17(2,3)19-23(21,22)15-11-7-6-9-13(15)12-8-4-5-10-14(12)16(18)20/h4-11,19H,1-3H3. The lowest BCUT2D eigenvalue weighted by molar-refractivity contribution is 0.108. The Balaban J connectivity index is 2.67. The first kappa shape index (κ1) is 17.7. The lowest BCUT2D eigenvalue weighted by Crippen LogP contribution is -2.40. The van der Waals surface area contributed by atoms with Gasteiger partial charge >= 0.3 is 0 Å². The normalized spacial score (nSPS) is 12.2. The third-order valence-corrected chi connectivity index (χ3v) is 5.07. The van der Waals surface area contributed by atoms with Gasteiger partial charge in [-0.2, -0.15) is 0 Å². The maximum absolute atomic E-state index is 12.7. The minimum absolute atomic E-state index is 0.111. The fourth-order valence-corrected chi connectivity index (χ4v) is 4.08. The van der Waals surface area contributed by atoms with Crippen molar-refractivity contribution in [2.24, 2.45) is 0 Å². The second kappa shape index (κ2) is 6.43. The lowest BCUT2D eigenvalue weighted by Gasteiger charge is -2.22. The van der Waals surface area contributed by atoms with Crippen LogP contribution in [0, 0.1) is 0 Å². The molecule has 0 aliphatic rings. The summed E-state index contributed by atoms with van der Waals surface area (Å²) < 4.78 is 28.0. The van der Waals surface area contributed by atoms with Gasteiger partial charge in [0.15, 0.2) is 0 Å². The fourth-order valence-electron chi connectivity index (χ4n) is 2.27. The molecule has 0 fully saturated rings. The first-order valence-corrected chi connectivity index (χ1v) is 8.90. The van der Waals surface area contributed by atoms with Crippen molar-refractivity contribution in [3.8, 4) is 11.1 Å². The van der Waals surface area contributed by atoms with E-state index in [1.165, 1.54) is 6.07 Å². The molecule has 0 bridgehead atoms. The monoisotopic (exact) mass is 351 g/mol. The molecule has 0 spiro atoms. The maximum atomic E-state index is 12.7. The largest absolute Gasteiger partial charge is 0.276 e. The van der Waals surface area contributed by atoms with Gasteiger partial charge < -0.3 is 0 Å². The number of sulfonamides is 1. The molecule has 2 rings (SSSR count). The zero-order chi connectivity index (χ0) is 17.3. The third-order valence-electron chi connectivity index (χ3n) is 3.05. The molecule has 2 aromatic carbocycles. The molecule has 0 radical (unpaired) electrons. The molecule has 0 aromatic heterocycles. The van der Waals surface area contributed by atoms with Gasteiger partial charge in [-0.25, -0.2) is 13.1 Å². The SMILES string of the molecule is CC(C)(C)NS(=O)(=O)c1ccccc1-c1ccccc1C(=O)Cl. The van der Waals surface area contributed by atoms with Gasteiger partial charge in [-0.3, -0.25) is 4.79 Å². The Morgan fingerprint density at radius 2 is 1.48 bits per heavy atom. The van der Waals surface area contributed by atoms with E-state index in [1.54, 1.807) is 63.2 Å². The molecule has 0 heterocycles. The highest BCUT2D eigenvalue weighted by Crippen LogP contribution is 2.31. The quantitative estimate of drug-likeness (QED) is 0.852. The molecule has 0 aliphatic heterocycles. The van der Waals surface area contributed by atoms with Crippen molar-refractivity contribution in [1.29, 1.82) is 0 Å². The smallest absolute Gasteiger partial charge is 0.253 e. The summed E-state index contributed by atoms with van der Waals surface area (Å²) in [5.74, 6) is 0. The van der Waals surface area contributed by atoms with Gasteiger partial charge in [-0.1, -0.05) is 36.4 Å². The van der Waals surface area contributed by atoms with E-state index >= 15 is 0 Å². The van der Waals surface area contributed by atoms with E-state index in [0.29, 0.717) is 11.1 Å². The zero-order valence-corrected chi connectivity index (χ0v) is 14.7. The van der Waals surface area contributed by atoms with E-state index in [1.807, 2.05) is 0 Å². The Bertz CT molecular complexity index is 839. The Hall–Kier alpha value is -1.69. The van der Waals surface area contributed by atoms with Crippen molar-refractivity contribution in [2.75, 3.05) is 0 Å². The van der Waals surface area contributed by atoms with Crippen LogP contribution in [0.2, 0.25) is 0 Å². The van der Waals surface area contributed by atoms with Crippen LogP contribution in [-0.2, 0) is 10.0 Å². The van der Waals surface area contributed by atoms with Crippen LogP contribution in [0.25, 0.3) is 11.1 Å². The zero-order valence-electron chi connectivity index (χ0n) is 13.1. The summed E-state index contributed by atoms with van der Waals surface area (Å²) in [7, 11) is -3.74. The molecule has 0 unspecified atom stereocenters. The molecule has 4 nitrogen and oxygen atoms in total. The first-order valence-electron chi connectivity index (χ1n) is 7.04. The molecule has 0 atom stereocenters. The van der Waals surface area contributed by atoms with Gasteiger partial charge in [0.05, 0.1) is 4.90 Å². The average Bonchev–Trinajstić information content (AvgIpc) is 2.45. The topological polar surface area (TPSA) is 63.2 Å². The Morgan fingerprint density at radius 1 is 0.957 bits per heavy atom. The Labute approximate surface area is 141 Å².